The SMILES string of the molecule is CC(Oc1cccc(C(F)(F)F)c1)C(=O)/C=C/N(C)C. The van der Waals surface area contributed by atoms with Crippen molar-refractivity contribution in [2.75, 3.05) is 14.1 Å². The molecule has 1 rings (SSSR count). The predicted octanol–water partition coefficient (Wildman–Crippen LogP) is 3.12. The molecule has 0 fully saturated rings. The van der Waals surface area contributed by atoms with E-state index in [0.29, 0.717) is 0 Å². The van der Waals surface area contributed by atoms with Crippen molar-refractivity contribution in [1.29, 1.82) is 0 Å². The Labute approximate surface area is 115 Å². The maximum absolute atomic E-state index is 12.5. The average molecular weight is 287 g/mol. The molecular formula is C14H16F3NO2. The molecule has 0 aliphatic rings. The first-order valence-electron chi connectivity index (χ1n) is 5.92. The molecule has 0 heterocycles. The third kappa shape index (κ3) is 4.95. The Bertz CT molecular complexity index is 495. The predicted molar refractivity (Wildman–Crippen MR) is 69.4 cm³/mol. The van der Waals surface area contributed by atoms with Crippen molar-refractivity contribution in [2.45, 2.75) is 19.2 Å². The van der Waals surface area contributed by atoms with Crippen molar-refractivity contribution in [3.05, 3.63) is 42.1 Å². The van der Waals surface area contributed by atoms with Gasteiger partial charge in [-0.25, -0.2) is 0 Å². The molecule has 0 radical (unpaired) electrons. The highest BCUT2D eigenvalue weighted by atomic mass is 19.4. The van der Waals surface area contributed by atoms with Crippen LogP contribution >= 0.6 is 0 Å². The number of nitrogens with zero attached hydrogens (tertiary/aromatic N) is 1. The van der Waals surface area contributed by atoms with E-state index < -0.39 is 17.8 Å². The lowest BCUT2D eigenvalue weighted by molar-refractivity contribution is -0.137. The summed E-state index contributed by atoms with van der Waals surface area (Å²) < 4.78 is 42.8. The van der Waals surface area contributed by atoms with Crippen molar-refractivity contribution in [1.82, 2.24) is 4.90 Å². The van der Waals surface area contributed by atoms with Gasteiger partial charge in [0, 0.05) is 26.4 Å². The van der Waals surface area contributed by atoms with E-state index in [-0.39, 0.29) is 11.5 Å². The van der Waals surface area contributed by atoms with E-state index in [1.165, 1.54) is 25.1 Å². The van der Waals surface area contributed by atoms with Crippen molar-refractivity contribution >= 4 is 5.78 Å². The highest BCUT2D eigenvalue weighted by molar-refractivity contribution is 5.93. The van der Waals surface area contributed by atoms with Gasteiger partial charge in [-0.3, -0.25) is 4.79 Å². The van der Waals surface area contributed by atoms with E-state index in [1.54, 1.807) is 25.2 Å². The third-order valence-electron chi connectivity index (χ3n) is 2.41. The highest BCUT2D eigenvalue weighted by Gasteiger charge is 2.30. The second-order valence-electron chi connectivity index (χ2n) is 4.47. The molecule has 0 bridgehead atoms. The van der Waals surface area contributed by atoms with Gasteiger partial charge >= 0.3 is 6.18 Å². The van der Waals surface area contributed by atoms with Crippen molar-refractivity contribution in [3.63, 3.8) is 0 Å². The summed E-state index contributed by atoms with van der Waals surface area (Å²) >= 11 is 0. The van der Waals surface area contributed by atoms with Gasteiger partial charge in [0.25, 0.3) is 0 Å². The fourth-order valence-electron chi connectivity index (χ4n) is 1.37. The van der Waals surface area contributed by atoms with Gasteiger partial charge in [-0.2, -0.15) is 13.2 Å². The largest absolute Gasteiger partial charge is 0.483 e. The van der Waals surface area contributed by atoms with Gasteiger partial charge in [-0.1, -0.05) is 6.07 Å². The van der Waals surface area contributed by atoms with Crippen LogP contribution in [0.1, 0.15) is 12.5 Å². The fraction of sp³-hybridized carbons (Fsp3) is 0.357. The van der Waals surface area contributed by atoms with Crippen LogP contribution in [0, 0.1) is 0 Å². The van der Waals surface area contributed by atoms with Crippen LogP contribution in [0.25, 0.3) is 0 Å². The number of carbonyl (C=O) groups excluding carboxylic acids is 1. The second-order valence-corrected chi connectivity index (χ2v) is 4.47. The zero-order valence-electron chi connectivity index (χ0n) is 11.4. The van der Waals surface area contributed by atoms with Crippen LogP contribution in [-0.2, 0) is 11.0 Å². The number of hydrogen-bond donors (Lipinski definition) is 0. The van der Waals surface area contributed by atoms with Crippen molar-refractivity contribution < 1.29 is 22.7 Å². The lowest BCUT2D eigenvalue weighted by Crippen LogP contribution is -2.22. The first kappa shape index (κ1) is 16.1. The minimum absolute atomic E-state index is 0.0129. The normalized spacial score (nSPS) is 13.3. The highest BCUT2D eigenvalue weighted by Crippen LogP contribution is 2.31. The standard InChI is InChI=1S/C14H16F3NO2/c1-10(13(19)7-8-18(2)3)20-12-6-4-5-11(9-12)14(15,16)17/h4-10H,1-3H3/b8-7+. The van der Waals surface area contributed by atoms with Crippen LogP contribution in [0.2, 0.25) is 0 Å². The van der Waals surface area contributed by atoms with Crippen molar-refractivity contribution in [2.24, 2.45) is 0 Å². The first-order chi connectivity index (χ1) is 9.20. The van der Waals surface area contributed by atoms with E-state index in [1.807, 2.05) is 0 Å². The molecule has 1 aromatic rings. The molecule has 0 aliphatic carbocycles. The monoisotopic (exact) mass is 287 g/mol. The molecular weight excluding hydrogens is 271 g/mol. The van der Waals surface area contributed by atoms with Gasteiger partial charge in [-0.15, -0.1) is 0 Å². The molecule has 0 aliphatic heterocycles. The van der Waals surface area contributed by atoms with Crippen LogP contribution in [0.15, 0.2) is 36.5 Å². The maximum Gasteiger partial charge on any atom is 0.416 e. The molecule has 20 heavy (non-hydrogen) atoms. The van der Waals surface area contributed by atoms with E-state index in [4.69, 9.17) is 4.74 Å². The summed E-state index contributed by atoms with van der Waals surface area (Å²) in [4.78, 5) is 13.3. The summed E-state index contributed by atoms with van der Waals surface area (Å²) in [6, 6.07) is 4.45. The Morgan fingerprint density at radius 1 is 1.35 bits per heavy atom. The zero-order chi connectivity index (χ0) is 15.3. The molecule has 1 aromatic carbocycles. The van der Waals surface area contributed by atoms with Crippen LogP contribution in [0.3, 0.4) is 0 Å². The molecule has 0 amide bonds. The van der Waals surface area contributed by atoms with Gasteiger partial charge in [0.2, 0.25) is 0 Å². The molecule has 6 heteroatoms. The Morgan fingerprint density at radius 3 is 2.55 bits per heavy atom. The molecule has 0 saturated heterocycles. The summed E-state index contributed by atoms with van der Waals surface area (Å²) in [5.74, 6) is -0.310. The van der Waals surface area contributed by atoms with Crippen molar-refractivity contribution in [3.8, 4) is 5.75 Å². The van der Waals surface area contributed by atoms with Gasteiger partial charge in [0.15, 0.2) is 11.9 Å². The first-order valence-corrected chi connectivity index (χ1v) is 5.92. The topological polar surface area (TPSA) is 29.5 Å². The lowest BCUT2D eigenvalue weighted by Gasteiger charge is -2.14. The van der Waals surface area contributed by atoms with Crippen LogP contribution in [-0.4, -0.2) is 30.9 Å². The summed E-state index contributed by atoms with van der Waals surface area (Å²) in [6.07, 6.45) is -2.42. The zero-order valence-corrected chi connectivity index (χ0v) is 11.4. The number of ketones is 1. The second kappa shape index (κ2) is 6.45. The number of hydrogen-bond acceptors (Lipinski definition) is 3. The van der Waals surface area contributed by atoms with E-state index >= 15 is 0 Å². The van der Waals surface area contributed by atoms with Crippen LogP contribution < -0.4 is 4.74 Å². The number of halogens is 3. The Balaban J connectivity index is 2.76. The lowest BCUT2D eigenvalue weighted by atomic mass is 10.2. The molecule has 3 nitrogen and oxygen atoms in total. The van der Waals surface area contributed by atoms with E-state index in [2.05, 4.69) is 0 Å². The molecule has 0 N–H and O–H groups in total. The Hall–Kier alpha value is -1.98. The number of carbonyl (C=O) groups is 1. The summed E-state index contributed by atoms with van der Waals surface area (Å²) in [5, 5.41) is 0. The number of benzene rings is 1. The Kier molecular flexibility index (Phi) is 5.19. The third-order valence-corrected chi connectivity index (χ3v) is 2.41. The number of rotatable bonds is 5. The molecule has 0 aromatic heterocycles. The quantitative estimate of drug-likeness (QED) is 0.779. The van der Waals surface area contributed by atoms with E-state index in [0.717, 1.165) is 12.1 Å². The van der Waals surface area contributed by atoms with Gasteiger partial charge in [-0.05, 0) is 25.1 Å². The molecule has 0 spiro atoms. The van der Waals surface area contributed by atoms with Gasteiger partial charge in [0.1, 0.15) is 5.75 Å². The molecule has 0 saturated carbocycles. The maximum atomic E-state index is 12.5. The minimum atomic E-state index is -4.43. The number of ether oxygens (including phenoxy) is 1. The molecule has 1 atom stereocenters. The van der Waals surface area contributed by atoms with E-state index in [9.17, 15) is 18.0 Å². The number of alkyl halides is 3. The Morgan fingerprint density at radius 2 is 2.00 bits per heavy atom. The summed E-state index contributed by atoms with van der Waals surface area (Å²) in [5.41, 5.74) is -0.807. The average Bonchev–Trinajstić information content (AvgIpc) is 2.35. The van der Waals surface area contributed by atoms with Crippen LogP contribution in [0.5, 0.6) is 5.75 Å². The molecule has 1 unspecified atom stereocenters. The fourth-order valence-corrected chi connectivity index (χ4v) is 1.37. The van der Waals surface area contributed by atoms with Gasteiger partial charge in [0.05, 0.1) is 5.56 Å². The summed E-state index contributed by atoms with van der Waals surface area (Å²) in [6.45, 7) is 1.49. The van der Waals surface area contributed by atoms with Gasteiger partial charge < -0.3 is 9.64 Å². The minimum Gasteiger partial charge on any atom is -0.483 e. The summed E-state index contributed by atoms with van der Waals surface area (Å²) in [7, 11) is 3.50. The molecule has 110 valence electrons. The smallest absolute Gasteiger partial charge is 0.416 e. The van der Waals surface area contributed by atoms with Crippen LogP contribution in [0.4, 0.5) is 13.2 Å².